The summed E-state index contributed by atoms with van der Waals surface area (Å²) in [5.41, 5.74) is 1.02. The molecule has 0 unspecified atom stereocenters. The second kappa shape index (κ2) is 4.98. The summed E-state index contributed by atoms with van der Waals surface area (Å²) in [6.45, 7) is 3.76. The van der Waals surface area contributed by atoms with Crippen LogP contribution in [0.2, 0.25) is 0 Å². The van der Waals surface area contributed by atoms with Gasteiger partial charge in [-0.3, -0.25) is 9.69 Å². The maximum absolute atomic E-state index is 12.0. The SMILES string of the molecule is CCOC(=O)N1c2ccccc2C(=O)[C@H](Cl)[C@H]1C. The number of nitrogens with zero attached hydrogens (tertiary/aromatic N) is 1. The maximum Gasteiger partial charge on any atom is 0.414 e. The summed E-state index contributed by atoms with van der Waals surface area (Å²) in [6, 6.07) is 6.50. The first-order valence-corrected chi connectivity index (χ1v) is 6.24. The van der Waals surface area contributed by atoms with Gasteiger partial charge < -0.3 is 4.74 Å². The molecule has 1 aromatic carbocycles. The number of Topliss-reactive ketones (excluding diaryl/α,β-unsaturated/α-hetero) is 1. The monoisotopic (exact) mass is 267 g/mol. The number of rotatable bonds is 1. The van der Waals surface area contributed by atoms with Crippen LogP contribution in [0.15, 0.2) is 24.3 Å². The third-order valence-corrected chi connectivity index (χ3v) is 3.54. The van der Waals surface area contributed by atoms with Gasteiger partial charge in [-0.05, 0) is 26.0 Å². The van der Waals surface area contributed by atoms with Crippen molar-refractivity contribution in [2.24, 2.45) is 0 Å². The van der Waals surface area contributed by atoms with E-state index < -0.39 is 17.5 Å². The predicted octanol–water partition coefficient (Wildman–Crippen LogP) is 2.84. The number of hydrogen-bond acceptors (Lipinski definition) is 3. The number of para-hydroxylation sites is 1. The lowest BCUT2D eigenvalue weighted by molar-refractivity contribution is 0.0971. The molecule has 0 N–H and O–H groups in total. The summed E-state index contributed by atoms with van der Waals surface area (Å²) < 4.78 is 5.01. The number of benzene rings is 1. The molecule has 1 amide bonds. The van der Waals surface area contributed by atoms with E-state index in [0.29, 0.717) is 11.3 Å². The normalized spacial score (nSPS) is 22.6. The quantitative estimate of drug-likeness (QED) is 0.735. The standard InChI is InChI=1S/C13H14ClNO3/c1-3-18-13(17)15-8(2)11(14)12(16)9-6-4-5-7-10(9)15/h4-8,11H,3H2,1-2H3/t8-,11-/m1/s1. The van der Waals surface area contributed by atoms with Crippen molar-refractivity contribution in [3.63, 3.8) is 0 Å². The molecule has 2 rings (SSSR count). The van der Waals surface area contributed by atoms with Gasteiger partial charge in [0.1, 0.15) is 5.38 Å². The topological polar surface area (TPSA) is 46.6 Å². The van der Waals surface area contributed by atoms with E-state index in [0.717, 1.165) is 0 Å². The van der Waals surface area contributed by atoms with Crippen LogP contribution in [0.1, 0.15) is 24.2 Å². The fourth-order valence-corrected chi connectivity index (χ4v) is 2.30. The third kappa shape index (κ3) is 1.97. The Morgan fingerprint density at radius 3 is 2.78 bits per heavy atom. The molecule has 0 aromatic heterocycles. The van der Waals surface area contributed by atoms with E-state index in [1.807, 2.05) is 0 Å². The highest BCUT2D eigenvalue weighted by molar-refractivity contribution is 6.36. The zero-order chi connectivity index (χ0) is 13.3. The Morgan fingerprint density at radius 2 is 2.11 bits per heavy atom. The predicted molar refractivity (Wildman–Crippen MR) is 69.4 cm³/mol. The fraction of sp³-hybridized carbons (Fsp3) is 0.385. The molecule has 0 fully saturated rings. The number of ketones is 1. The van der Waals surface area contributed by atoms with Gasteiger partial charge in [-0.25, -0.2) is 4.79 Å². The summed E-state index contributed by atoms with van der Waals surface area (Å²) in [7, 11) is 0. The molecular weight excluding hydrogens is 254 g/mol. The molecule has 0 saturated carbocycles. The van der Waals surface area contributed by atoms with Crippen molar-refractivity contribution in [2.75, 3.05) is 11.5 Å². The molecule has 2 atom stereocenters. The molecule has 18 heavy (non-hydrogen) atoms. The smallest absolute Gasteiger partial charge is 0.414 e. The highest BCUT2D eigenvalue weighted by atomic mass is 35.5. The van der Waals surface area contributed by atoms with E-state index in [-0.39, 0.29) is 12.4 Å². The molecule has 5 heteroatoms. The zero-order valence-corrected chi connectivity index (χ0v) is 11.0. The average molecular weight is 268 g/mol. The Kier molecular flexibility index (Phi) is 3.57. The number of halogens is 1. The van der Waals surface area contributed by atoms with E-state index >= 15 is 0 Å². The number of alkyl halides is 1. The lowest BCUT2D eigenvalue weighted by atomic mass is 9.95. The number of amides is 1. The van der Waals surface area contributed by atoms with Crippen LogP contribution in [0.25, 0.3) is 0 Å². The molecule has 96 valence electrons. The van der Waals surface area contributed by atoms with E-state index in [2.05, 4.69) is 0 Å². The van der Waals surface area contributed by atoms with Crippen LogP contribution < -0.4 is 4.90 Å². The zero-order valence-electron chi connectivity index (χ0n) is 10.2. The third-order valence-electron chi connectivity index (χ3n) is 2.97. The second-order valence-electron chi connectivity index (χ2n) is 4.09. The van der Waals surface area contributed by atoms with Crippen molar-refractivity contribution in [3.8, 4) is 0 Å². The van der Waals surface area contributed by atoms with Gasteiger partial charge in [0.15, 0.2) is 5.78 Å². The van der Waals surface area contributed by atoms with Gasteiger partial charge in [-0.2, -0.15) is 0 Å². The van der Waals surface area contributed by atoms with Crippen molar-refractivity contribution in [3.05, 3.63) is 29.8 Å². The Bertz CT molecular complexity index is 489. The van der Waals surface area contributed by atoms with Crippen LogP contribution in [-0.2, 0) is 4.74 Å². The summed E-state index contributed by atoms with van der Waals surface area (Å²) in [4.78, 5) is 25.4. The van der Waals surface area contributed by atoms with Crippen LogP contribution in [0.3, 0.4) is 0 Å². The number of hydrogen-bond donors (Lipinski definition) is 0. The molecule has 1 aromatic rings. The largest absolute Gasteiger partial charge is 0.449 e. The van der Waals surface area contributed by atoms with Crippen LogP contribution in [0.4, 0.5) is 10.5 Å². The van der Waals surface area contributed by atoms with Gasteiger partial charge >= 0.3 is 6.09 Å². The number of fused-ring (bicyclic) bond motifs is 1. The number of anilines is 1. The van der Waals surface area contributed by atoms with Crippen molar-refractivity contribution in [1.29, 1.82) is 0 Å². The molecule has 0 radical (unpaired) electrons. The molecule has 0 aliphatic carbocycles. The van der Waals surface area contributed by atoms with Gasteiger partial charge in [-0.1, -0.05) is 12.1 Å². The molecule has 0 saturated heterocycles. The molecule has 4 nitrogen and oxygen atoms in total. The Labute approximate surface area is 110 Å². The van der Waals surface area contributed by atoms with Gasteiger partial charge in [-0.15, -0.1) is 11.6 Å². The van der Waals surface area contributed by atoms with E-state index in [9.17, 15) is 9.59 Å². The molecule has 1 aliphatic rings. The number of carbonyl (C=O) groups excluding carboxylic acids is 2. The minimum Gasteiger partial charge on any atom is -0.449 e. The number of carbonyl (C=O) groups is 2. The highest BCUT2D eigenvalue weighted by Gasteiger charge is 2.40. The molecule has 1 heterocycles. The van der Waals surface area contributed by atoms with Crippen LogP contribution in [0, 0.1) is 0 Å². The van der Waals surface area contributed by atoms with Crippen molar-refractivity contribution in [2.45, 2.75) is 25.3 Å². The van der Waals surface area contributed by atoms with Crippen molar-refractivity contribution in [1.82, 2.24) is 0 Å². The van der Waals surface area contributed by atoms with Gasteiger partial charge in [0.2, 0.25) is 0 Å². The Balaban J connectivity index is 2.49. The van der Waals surface area contributed by atoms with Crippen LogP contribution in [0.5, 0.6) is 0 Å². The van der Waals surface area contributed by atoms with E-state index in [1.54, 1.807) is 38.1 Å². The average Bonchev–Trinajstić information content (AvgIpc) is 2.37. The lowest BCUT2D eigenvalue weighted by Gasteiger charge is -2.36. The van der Waals surface area contributed by atoms with Gasteiger partial charge in [0, 0.05) is 5.56 Å². The summed E-state index contributed by atoms with van der Waals surface area (Å²) in [6.07, 6.45) is -0.476. The maximum atomic E-state index is 12.0. The highest BCUT2D eigenvalue weighted by Crippen LogP contribution is 2.33. The van der Waals surface area contributed by atoms with Crippen LogP contribution in [-0.4, -0.2) is 29.9 Å². The summed E-state index contributed by atoms with van der Waals surface area (Å²) in [5.74, 6) is -0.152. The van der Waals surface area contributed by atoms with Gasteiger partial charge in [0.25, 0.3) is 0 Å². The van der Waals surface area contributed by atoms with E-state index in [4.69, 9.17) is 16.3 Å². The molecule has 1 aliphatic heterocycles. The van der Waals surface area contributed by atoms with E-state index in [1.165, 1.54) is 4.90 Å². The lowest BCUT2D eigenvalue weighted by Crippen LogP contribution is -2.50. The first kappa shape index (κ1) is 12.9. The fourth-order valence-electron chi connectivity index (χ4n) is 2.07. The molecule has 0 spiro atoms. The summed E-state index contributed by atoms with van der Waals surface area (Å²) >= 11 is 6.09. The van der Waals surface area contributed by atoms with Crippen LogP contribution >= 0.6 is 11.6 Å². The van der Waals surface area contributed by atoms with Gasteiger partial charge in [0.05, 0.1) is 18.3 Å². The minimum atomic E-state index is -0.746. The molecular formula is C13H14ClNO3. The first-order chi connectivity index (χ1) is 8.57. The number of ether oxygens (including phenoxy) is 1. The summed E-state index contributed by atoms with van der Waals surface area (Å²) in [5, 5.41) is -0.746. The second-order valence-corrected chi connectivity index (χ2v) is 4.56. The minimum absolute atomic E-state index is 0.152. The Hall–Kier alpha value is -1.55. The van der Waals surface area contributed by atoms with Crippen molar-refractivity contribution >= 4 is 29.2 Å². The Morgan fingerprint density at radius 1 is 1.44 bits per heavy atom. The van der Waals surface area contributed by atoms with Crippen molar-refractivity contribution < 1.29 is 14.3 Å². The molecule has 0 bridgehead atoms. The first-order valence-electron chi connectivity index (χ1n) is 5.81.